The molecule has 0 unspecified atom stereocenters. The van der Waals surface area contributed by atoms with Crippen molar-refractivity contribution >= 4 is 6.21 Å². The lowest BCUT2D eigenvalue weighted by Gasteiger charge is -1.95. The van der Waals surface area contributed by atoms with Gasteiger partial charge in [-0.1, -0.05) is 6.08 Å². The summed E-state index contributed by atoms with van der Waals surface area (Å²) in [5.74, 6) is 5.78. The molecule has 3 nitrogen and oxygen atoms in total. The zero-order valence-electron chi connectivity index (χ0n) is 6.17. The van der Waals surface area contributed by atoms with E-state index in [1.807, 2.05) is 6.92 Å². The van der Waals surface area contributed by atoms with Crippen molar-refractivity contribution in [1.29, 1.82) is 0 Å². The minimum Gasteiger partial charge on any atom is -0.309 e. The SMILES string of the molecule is C=CC/C=N\C(=C\C)NN. The summed E-state index contributed by atoms with van der Waals surface area (Å²) in [6.45, 7) is 5.41. The monoisotopic (exact) mass is 139 g/mol. The summed E-state index contributed by atoms with van der Waals surface area (Å²) in [4.78, 5) is 3.98. The van der Waals surface area contributed by atoms with Crippen LogP contribution in [-0.4, -0.2) is 6.21 Å². The quantitative estimate of drug-likeness (QED) is 0.264. The first-order chi connectivity index (χ1) is 4.85. The van der Waals surface area contributed by atoms with Gasteiger partial charge in [0.1, 0.15) is 5.82 Å². The molecule has 0 atom stereocenters. The molecule has 56 valence electrons. The number of allylic oxidation sites excluding steroid dienone is 2. The topological polar surface area (TPSA) is 50.4 Å². The van der Waals surface area contributed by atoms with Gasteiger partial charge in [0.25, 0.3) is 0 Å². The second-order valence-electron chi connectivity index (χ2n) is 1.65. The van der Waals surface area contributed by atoms with Gasteiger partial charge in [-0.3, -0.25) is 0 Å². The Morgan fingerprint density at radius 3 is 2.90 bits per heavy atom. The average molecular weight is 139 g/mol. The van der Waals surface area contributed by atoms with Crippen LogP contribution in [0.3, 0.4) is 0 Å². The molecule has 3 heteroatoms. The normalized spacial score (nSPS) is 12.0. The highest BCUT2D eigenvalue weighted by Gasteiger charge is 1.80. The lowest BCUT2D eigenvalue weighted by Crippen LogP contribution is -2.19. The van der Waals surface area contributed by atoms with E-state index in [9.17, 15) is 0 Å². The molecule has 0 fully saturated rings. The summed E-state index contributed by atoms with van der Waals surface area (Å²) < 4.78 is 0. The van der Waals surface area contributed by atoms with Crippen molar-refractivity contribution in [3.8, 4) is 0 Å². The number of nitrogens with one attached hydrogen (secondary N) is 1. The van der Waals surface area contributed by atoms with E-state index >= 15 is 0 Å². The molecule has 0 aliphatic carbocycles. The Hall–Kier alpha value is -1.09. The molecular weight excluding hydrogens is 126 g/mol. The van der Waals surface area contributed by atoms with Gasteiger partial charge in [-0.05, 0) is 13.0 Å². The molecule has 0 saturated heterocycles. The second kappa shape index (κ2) is 6.04. The van der Waals surface area contributed by atoms with E-state index in [0.717, 1.165) is 6.42 Å². The zero-order valence-corrected chi connectivity index (χ0v) is 6.17. The van der Waals surface area contributed by atoms with Crippen LogP contribution in [0.15, 0.2) is 29.5 Å². The van der Waals surface area contributed by atoms with Gasteiger partial charge in [-0.2, -0.15) is 0 Å². The maximum Gasteiger partial charge on any atom is 0.135 e. The van der Waals surface area contributed by atoms with E-state index in [4.69, 9.17) is 5.84 Å². The zero-order chi connectivity index (χ0) is 7.82. The summed E-state index contributed by atoms with van der Waals surface area (Å²) in [5, 5.41) is 0. The number of aliphatic imine (C=N–C) groups is 1. The van der Waals surface area contributed by atoms with Crippen LogP contribution in [0.25, 0.3) is 0 Å². The number of rotatable bonds is 4. The third-order valence-corrected chi connectivity index (χ3v) is 0.924. The Balaban J connectivity index is 3.73. The fraction of sp³-hybridized carbons (Fsp3) is 0.286. The molecule has 0 bridgehead atoms. The number of hydrazine groups is 1. The van der Waals surface area contributed by atoms with Gasteiger partial charge in [0.2, 0.25) is 0 Å². The minimum atomic E-state index is 0.668. The van der Waals surface area contributed by atoms with Gasteiger partial charge >= 0.3 is 0 Å². The fourth-order valence-electron chi connectivity index (χ4n) is 0.421. The summed E-state index contributed by atoms with van der Waals surface area (Å²) >= 11 is 0. The first kappa shape index (κ1) is 8.91. The van der Waals surface area contributed by atoms with Crippen LogP contribution in [0.2, 0.25) is 0 Å². The predicted octanol–water partition coefficient (Wildman–Crippen LogP) is 0.958. The molecule has 0 aliphatic heterocycles. The van der Waals surface area contributed by atoms with Gasteiger partial charge in [0, 0.05) is 12.6 Å². The molecule has 0 aromatic carbocycles. The highest BCUT2D eigenvalue weighted by Crippen LogP contribution is 1.86. The molecule has 0 aromatic rings. The molecule has 0 amide bonds. The Morgan fingerprint density at radius 1 is 1.80 bits per heavy atom. The average Bonchev–Trinajstić information content (AvgIpc) is 1.99. The van der Waals surface area contributed by atoms with Gasteiger partial charge in [-0.25, -0.2) is 10.8 Å². The van der Waals surface area contributed by atoms with Gasteiger partial charge in [-0.15, -0.1) is 6.58 Å². The van der Waals surface area contributed by atoms with Crippen LogP contribution in [0.4, 0.5) is 0 Å². The Kier molecular flexibility index (Phi) is 5.38. The number of nitrogens with two attached hydrogens (primary N) is 1. The van der Waals surface area contributed by atoms with Gasteiger partial charge in [0.15, 0.2) is 0 Å². The molecule has 3 N–H and O–H groups in total. The standard InChI is InChI=1S/C7H13N3/c1-3-5-6-9-7(4-2)10-8/h3-4,6,10H,1,5,8H2,2H3/b7-4-,9-6-. The molecule has 0 spiro atoms. The van der Waals surface area contributed by atoms with Crippen LogP contribution in [0.1, 0.15) is 13.3 Å². The fourth-order valence-corrected chi connectivity index (χ4v) is 0.421. The Morgan fingerprint density at radius 2 is 2.50 bits per heavy atom. The summed E-state index contributed by atoms with van der Waals surface area (Å²) in [6, 6.07) is 0. The summed E-state index contributed by atoms with van der Waals surface area (Å²) in [6.07, 6.45) is 6.06. The third-order valence-electron chi connectivity index (χ3n) is 0.924. The van der Waals surface area contributed by atoms with Crippen molar-refractivity contribution in [3.05, 3.63) is 24.6 Å². The predicted molar refractivity (Wildman–Crippen MR) is 44.4 cm³/mol. The molecule has 0 aromatic heterocycles. The number of hydrogen-bond acceptors (Lipinski definition) is 3. The number of hydrogen-bond donors (Lipinski definition) is 2. The van der Waals surface area contributed by atoms with Crippen molar-refractivity contribution in [3.63, 3.8) is 0 Å². The third kappa shape index (κ3) is 3.86. The maximum absolute atomic E-state index is 5.11. The van der Waals surface area contributed by atoms with Crippen molar-refractivity contribution in [2.24, 2.45) is 10.8 Å². The molecular formula is C7H13N3. The van der Waals surface area contributed by atoms with Gasteiger partial charge in [0.05, 0.1) is 0 Å². The Labute approximate surface area is 61.3 Å². The molecule has 0 radical (unpaired) electrons. The van der Waals surface area contributed by atoms with Crippen molar-refractivity contribution in [1.82, 2.24) is 5.43 Å². The smallest absolute Gasteiger partial charge is 0.135 e. The van der Waals surface area contributed by atoms with E-state index in [0.29, 0.717) is 5.82 Å². The van der Waals surface area contributed by atoms with E-state index in [-0.39, 0.29) is 0 Å². The molecule has 0 heterocycles. The lowest BCUT2D eigenvalue weighted by atomic mass is 10.5. The van der Waals surface area contributed by atoms with E-state index in [1.54, 1.807) is 18.4 Å². The van der Waals surface area contributed by atoms with Crippen LogP contribution in [0, 0.1) is 0 Å². The summed E-state index contributed by atoms with van der Waals surface area (Å²) in [7, 11) is 0. The molecule has 0 saturated carbocycles. The first-order valence-electron chi connectivity index (χ1n) is 3.11. The second-order valence-corrected chi connectivity index (χ2v) is 1.65. The minimum absolute atomic E-state index is 0.668. The highest BCUT2D eigenvalue weighted by atomic mass is 15.3. The maximum atomic E-state index is 5.11. The van der Waals surface area contributed by atoms with E-state index in [2.05, 4.69) is 17.0 Å². The first-order valence-corrected chi connectivity index (χ1v) is 3.11. The van der Waals surface area contributed by atoms with Crippen molar-refractivity contribution < 1.29 is 0 Å². The van der Waals surface area contributed by atoms with E-state index < -0.39 is 0 Å². The summed E-state index contributed by atoms with van der Waals surface area (Å²) in [5.41, 5.74) is 2.44. The van der Waals surface area contributed by atoms with Crippen molar-refractivity contribution in [2.75, 3.05) is 0 Å². The molecule has 0 rings (SSSR count). The Bertz CT molecular complexity index is 147. The van der Waals surface area contributed by atoms with E-state index in [1.165, 1.54) is 0 Å². The lowest BCUT2D eigenvalue weighted by molar-refractivity contribution is 0.867. The largest absolute Gasteiger partial charge is 0.309 e. The van der Waals surface area contributed by atoms with Crippen LogP contribution >= 0.6 is 0 Å². The van der Waals surface area contributed by atoms with Crippen LogP contribution in [0.5, 0.6) is 0 Å². The highest BCUT2D eigenvalue weighted by molar-refractivity contribution is 5.60. The van der Waals surface area contributed by atoms with Gasteiger partial charge < -0.3 is 5.43 Å². The van der Waals surface area contributed by atoms with Crippen molar-refractivity contribution in [2.45, 2.75) is 13.3 Å². The molecule has 10 heavy (non-hydrogen) atoms. The van der Waals surface area contributed by atoms with Crippen LogP contribution < -0.4 is 11.3 Å². The number of nitrogens with zero attached hydrogens (tertiary/aromatic N) is 1. The molecule has 0 aliphatic rings. The van der Waals surface area contributed by atoms with Crippen LogP contribution in [-0.2, 0) is 0 Å².